The number of carbonyl (C=O) groups is 1. The van der Waals surface area contributed by atoms with Crippen molar-refractivity contribution in [3.05, 3.63) is 42.0 Å². The van der Waals surface area contributed by atoms with Crippen molar-refractivity contribution < 1.29 is 17.6 Å². The van der Waals surface area contributed by atoms with Crippen molar-refractivity contribution in [1.82, 2.24) is 15.1 Å². The van der Waals surface area contributed by atoms with Gasteiger partial charge in [-0.15, -0.1) is 0 Å². The maximum atomic E-state index is 12.9. The number of hydrogen-bond acceptors (Lipinski definition) is 4. The van der Waals surface area contributed by atoms with Crippen molar-refractivity contribution in [3.8, 4) is 0 Å². The molecule has 9 heteroatoms. The second-order valence-corrected chi connectivity index (χ2v) is 6.89. The monoisotopic (exact) mass is 338 g/mol. The van der Waals surface area contributed by atoms with E-state index in [-0.39, 0.29) is 22.2 Å². The highest BCUT2D eigenvalue weighted by Crippen LogP contribution is 2.21. The topological polar surface area (TPSA) is 95.2 Å². The lowest BCUT2D eigenvalue weighted by atomic mass is 10.3. The molecule has 1 aliphatic rings. The molecule has 1 fully saturated rings. The van der Waals surface area contributed by atoms with Gasteiger partial charge in [-0.05, 0) is 37.1 Å². The molecule has 0 radical (unpaired) electrons. The maximum absolute atomic E-state index is 12.9. The van der Waals surface area contributed by atoms with E-state index >= 15 is 0 Å². The zero-order chi connectivity index (χ0) is 16.4. The fourth-order valence-electron chi connectivity index (χ4n) is 2.42. The highest BCUT2D eigenvalue weighted by Gasteiger charge is 2.26. The third kappa shape index (κ3) is 3.19. The quantitative estimate of drug-likeness (QED) is 0.885. The van der Waals surface area contributed by atoms with Crippen LogP contribution in [0.15, 0.2) is 35.4 Å². The van der Waals surface area contributed by atoms with E-state index in [1.807, 2.05) is 0 Å². The Morgan fingerprint density at radius 2 is 1.87 bits per heavy atom. The second kappa shape index (κ2) is 5.99. The molecule has 0 unspecified atom stereocenters. The van der Waals surface area contributed by atoms with Gasteiger partial charge in [0.1, 0.15) is 5.82 Å². The maximum Gasteiger partial charge on any atom is 0.276 e. The summed E-state index contributed by atoms with van der Waals surface area (Å²) in [4.78, 5) is 13.9. The first-order valence-corrected chi connectivity index (χ1v) is 8.57. The first kappa shape index (κ1) is 15.5. The van der Waals surface area contributed by atoms with Crippen LogP contribution in [0.4, 0.5) is 10.1 Å². The Kier molecular flexibility index (Phi) is 4.03. The van der Waals surface area contributed by atoms with Gasteiger partial charge in [0.2, 0.25) is 0 Å². The zero-order valence-electron chi connectivity index (χ0n) is 12.1. The molecule has 0 saturated carbocycles. The number of aromatic amines is 1. The van der Waals surface area contributed by atoms with Crippen molar-refractivity contribution in [2.75, 3.05) is 17.8 Å². The standard InChI is InChI=1S/C14H15FN4O3S/c15-10-3-5-11(6-4-10)23(21,22)18-12-9-16-17-13(12)14(20)19-7-1-2-8-19/h3-6,9,18H,1-2,7-8H2,(H,16,17). The van der Waals surface area contributed by atoms with Crippen molar-refractivity contribution in [1.29, 1.82) is 0 Å². The van der Waals surface area contributed by atoms with Crippen LogP contribution in [0.5, 0.6) is 0 Å². The lowest BCUT2D eigenvalue weighted by molar-refractivity contribution is 0.0788. The van der Waals surface area contributed by atoms with Crippen LogP contribution in [-0.2, 0) is 10.0 Å². The molecule has 1 saturated heterocycles. The highest BCUT2D eigenvalue weighted by molar-refractivity contribution is 7.92. The fraction of sp³-hybridized carbons (Fsp3) is 0.286. The summed E-state index contributed by atoms with van der Waals surface area (Å²) < 4.78 is 39.8. The molecule has 1 aromatic carbocycles. The van der Waals surface area contributed by atoms with Crippen LogP contribution < -0.4 is 4.72 Å². The molecule has 1 amide bonds. The van der Waals surface area contributed by atoms with Crippen molar-refractivity contribution in [3.63, 3.8) is 0 Å². The smallest absolute Gasteiger partial charge is 0.276 e. The van der Waals surface area contributed by atoms with Gasteiger partial charge in [0.15, 0.2) is 5.69 Å². The van der Waals surface area contributed by atoms with Gasteiger partial charge >= 0.3 is 0 Å². The summed E-state index contributed by atoms with van der Waals surface area (Å²) >= 11 is 0. The van der Waals surface area contributed by atoms with E-state index < -0.39 is 15.8 Å². The summed E-state index contributed by atoms with van der Waals surface area (Å²) in [6.45, 7) is 1.27. The largest absolute Gasteiger partial charge is 0.337 e. The van der Waals surface area contributed by atoms with Gasteiger partial charge in [0, 0.05) is 19.3 Å². The number of rotatable bonds is 4. The number of benzene rings is 1. The molecule has 3 rings (SSSR count). The third-order valence-electron chi connectivity index (χ3n) is 3.60. The van der Waals surface area contributed by atoms with Gasteiger partial charge in [0.05, 0.1) is 10.6 Å². The number of halogens is 1. The van der Waals surface area contributed by atoms with Crippen molar-refractivity contribution in [2.45, 2.75) is 17.7 Å². The van der Waals surface area contributed by atoms with Crippen LogP contribution in [-0.4, -0.2) is 42.5 Å². The summed E-state index contributed by atoms with van der Waals surface area (Å²) in [5.74, 6) is -0.849. The van der Waals surface area contributed by atoms with E-state index in [1.165, 1.54) is 6.20 Å². The Bertz CT molecular complexity index is 811. The molecule has 1 aromatic heterocycles. The van der Waals surface area contributed by atoms with E-state index in [4.69, 9.17) is 0 Å². The predicted molar refractivity (Wildman–Crippen MR) is 80.9 cm³/mol. The highest BCUT2D eigenvalue weighted by atomic mass is 32.2. The molecule has 2 aromatic rings. The lowest BCUT2D eigenvalue weighted by Crippen LogP contribution is -2.29. The summed E-state index contributed by atoms with van der Waals surface area (Å²) in [6.07, 6.45) is 3.16. The Balaban J connectivity index is 1.84. The van der Waals surface area contributed by atoms with Gasteiger partial charge in [-0.1, -0.05) is 0 Å². The van der Waals surface area contributed by atoms with Gasteiger partial charge in [-0.3, -0.25) is 14.6 Å². The summed E-state index contributed by atoms with van der Waals surface area (Å²) in [6, 6.07) is 4.42. The van der Waals surface area contributed by atoms with Crippen LogP contribution in [0.1, 0.15) is 23.3 Å². The van der Waals surface area contributed by atoms with Crippen molar-refractivity contribution in [2.24, 2.45) is 0 Å². The van der Waals surface area contributed by atoms with E-state index in [0.29, 0.717) is 13.1 Å². The Hall–Kier alpha value is -2.42. The number of nitrogens with one attached hydrogen (secondary N) is 2. The van der Waals surface area contributed by atoms with Gasteiger partial charge in [-0.2, -0.15) is 5.10 Å². The lowest BCUT2D eigenvalue weighted by Gasteiger charge is -2.14. The van der Waals surface area contributed by atoms with E-state index in [1.54, 1.807) is 4.90 Å². The van der Waals surface area contributed by atoms with Crippen molar-refractivity contribution >= 4 is 21.6 Å². The first-order valence-electron chi connectivity index (χ1n) is 7.09. The first-order chi connectivity index (χ1) is 11.0. The number of sulfonamides is 1. The van der Waals surface area contributed by atoms with Gasteiger partial charge in [0.25, 0.3) is 15.9 Å². The molecule has 23 heavy (non-hydrogen) atoms. The van der Waals surface area contributed by atoms with Crippen LogP contribution in [0.3, 0.4) is 0 Å². The number of carbonyl (C=O) groups excluding carboxylic acids is 1. The minimum absolute atomic E-state index is 0.0255. The normalized spacial score (nSPS) is 14.9. The molecule has 1 aliphatic heterocycles. The van der Waals surface area contributed by atoms with E-state index in [0.717, 1.165) is 37.1 Å². The molecule has 0 bridgehead atoms. The van der Waals surface area contributed by atoms with E-state index in [2.05, 4.69) is 14.9 Å². The SMILES string of the molecule is O=C(c1n[nH]cc1NS(=O)(=O)c1ccc(F)cc1)N1CCCC1. The molecule has 0 spiro atoms. The molecular formula is C14H15FN4O3S. The minimum Gasteiger partial charge on any atom is -0.337 e. The molecular weight excluding hydrogens is 323 g/mol. The Labute approximate surface area is 132 Å². The van der Waals surface area contributed by atoms with Gasteiger partial charge in [-0.25, -0.2) is 12.8 Å². The number of hydrogen-bond donors (Lipinski definition) is 2. The third-order valence-corrected chi connectivity index (χ3v) is 4.99. The molecule has 0 atom stereocenters. The Morgan fingerprint density at radius 1 is 1.22 bits per heavy atom. The molecule has 122 valence electrons. The predicted octanol–water partition coefficient (Wildman–Crippen LogP) is 1.59. The summed E-state index contributed by atoms with van der Waals surface area (Å²) in [5.41, 5.74) is 0.101. The van der Waals surface area contributed by atoms with Crippen LogP contribution in [0.2, 0.25) is 0 Å². The molecule has 7 nitrogen and oxygen atoms in total. The Morgan fingerprint density at radius 3 is 2.52 bits per heavy atom. The number of likely N-dealkylation sites (tertiary alicyclic amines) is 1. The molecule has 2 N–H and O–H groups in total. The number of anilines is 1. The van der Waals surface area contributed by atoms with Gasteiger partial charge < -0.3 is 4.90 Å². The fourth-order valence-corrected chi connectivity index (χ4v) is 3.48. The van der Waals surface area contributed by atoms with E-state index in [9.17, 15) is 17.6 Å². The number of aromatic nitrogens is 2. The van der Waals surface area contributed by atoms with Crippen LogP contribution in [0.25, 0.3) is 0 Å². The van der Waals surface area contributed by atoms with Crippen LogP contribution in [0, 0.1) is 5.82 Å². The second-order valence-electron chi connectivity index (χ2n) is 5.21. The molecule has 0 aliphatic carbocycles. The number of nitrogens with zero attached hydrogens (tertiary/aromatic N) is 2. The number of amides is 1. The average Bonchev–Trinajstić information content (AvgIpc) is 3.18. The summed E-state index contributed by atoms with van der Waals surface area (Å²) in [7, 11) is -3.93. The molecule has 2 heterocycles. The summed E-state index contributed by atoms with van der Waals surface area (Å²) in [5, 5.41) is 6.35. The average molecular weight is 338 g/mol. The minimum atomic E-state index is -3.93. The number of H-pyrrole nitrogens is 1. The van der Waals surface area contributed by atoms with Crippen LogP contribution >= 0.6 is 0 Å². The zero-order valence-corrected chi connectivity index (χ0v) is 12.9.